The molecule has 0 bridgehead atoms. The van der Waals surface area contributed by atoms with Crippen LogP contribution in [-0.2, 0) is 6.54 Å². The van der Waals surface area contributed by atoms with Gasteiger partial charge in [-0.1, -0.05) is 0 Å². The largest absolute Gasteiger partial charge is 0.476 e. The van der Waals surface area contributed by atoms with Gasteiger partial charge in [0, 0.05) is 12.6 Å². The first-order valence-corrected chi connectivity index (χ1v) is 6.24. The smallest absolute Gasteiger partial charge is 0.356 e. The van der Waals surface area contributed by atoms with Gasteiger partial charge in [-0.2, -0.15) is 0 Å². The number of imidazole rings is 1. The van der Waals surface area contributed by atoms with Gasteiger partial charge in [0.25, 0.3) is 0 Å². The quantitative estimate of drug-likeness (QED) is 0.861. The molecule has 1 unspecified atom stereocenters. The number of carboxylic acids is 1. The average Bonchev–Trinajstić information content (AvgIpc) is 2.93. The average molecular weight is 261 g/mol. The molecule has 6 heteroatoms. The monoisotopic (exact) mass is 261 g/mol. The van der Waals surface area contributed by atoms with Crippen molar-refractivity contribution in [3.05, 3.63) is 29.3 Å². The van der Waals surface area contributed by atoms with E-state index in [1.165, 1.54) is 0 Å². The molecule has 0 aliphatic carbocycles. The van der Waals surface area contributed by atoms with E-state index >= 15 is 0 Å². The summed E-state index contributed by atoms with van der Waals surface area (Å²) >= 11 is 0. The normalized spacial score (nSPS) is 18.3. The minimum absolute atomic E-state index is 0.0382. The molecule has 0 saturated carbocycles. The number of nitrogens with two attached hydrogens (primary N) is 1. The van der Waals surface area contributed by atoms with Crippen molar-refractivity contribution in [2.75, 3.05) is 0 Å². The predicted molar refractivity (Wildman–Crippen MR) is 67.8 cm³/mol. The van der Waals surface area contributed by atoms with Crippen LogP contribution in [0, 0.1) is 6.92 Å². The SMILES string of the molecule is Cc1ccc(-c2nc(C(=O)O)c3n2CCCC3N)o1. The van der Waals surface area contributed by atoms with Crippen molar-refractivity contribution in [3.63, 3.8) is 0 Å². The third-order valence-electron chi connectivity index (χ3n) is 3.42. The van der Waals surface area contributed by atoms with E-state index in [0.717, 1.165) is 25.1 Å². The van der Waals surface area contributed by atoms with Gasteiger partial charge in [-0.25, -0.2) is 9.78 Å². The predicted octanol–water partition coefficient (Wildman–Crippen LogP) is 1.94. The van der Waals surface area contributed by atoms with Crippen molar-refractivity contribution >= 4 is 5.97 Å². The maximum absolute atomic E-state index is 11.3. The number of nitrogens with zero attached hydrogens (tertiary/aromatic N) is 2. The molecule has 2 aromatic heterocycles. The van der Waals surface area contributed by atoms with Crippen LogP contribution in [0.2, 0.25) is 0 Å². The van der Waals surface area contributed by atoms with Crippen LogP contribution >= 0.6 is 0 Å². The summed E-state index contributed by atoms with van der Waals surface area (Å²) in [5.41, 5.74) is 6.66. The fourth-order valence-corrected chi connectivity index (χ4v) is 2.57. The summed E-state index contributed by atoms with van der Waals surface area (Å²) in [6.07, 6.45) is 1.69. The molecule has 3 rings (SSSR count). The molecule has 2 aromatic rings. The summed E-state index contributed by atoms with van der Waals surface area (Å²) in [7, 11) is 0. The Kier molecular flexibility index (Phi) is 2.67. The van der Waals surface area contributed by atoms with E-state index in [1.54, 1.807) is 6.07 Å². The van der Waals surface area contributed by atoms with Crippen LogP contribution < -0.4 is 5.73 Å². The van der Waals surface area contributed by atoms with E-state index in [0.29, 0.717) is 17.3 Å². The molecule has 0 spiro atoms. The van der Waals surface area contributed by atoms with Gasteiger partial charge in [0.1, 0.15) is 5.76 Å². The Morgan fingerprint density at radius 3 is 3.00 bits per heavy atom. The maximum atomic E-state index is 11.3. The van der Waals surface area contributed by atoms with E-state index in [1.807, 2.05) is 17.6 Å². The van der Waals surface area contributed by atoms with Gasteiger partial charge in [0.15, 0.2) is 17.3 Å². The molecule has 1 atom stereocenters. The summed E-state index contributed by atoms with van der Waals surface area (Å²) in [6, 6.07) is 3.36. The zero-order valence-electron chi connectivity index (χ0n) is 10.6. The Labute approximate surface area is 109 Å². The van der Waals surface area contributed by atoms with Gasteiger partial charge in [-0.05, 0) is 31.9 Å². The fraction of sp³-hybridized carbons (Fsp3) is 0.385. The topological polar surface area (TPSA) is 94.3 Å². The second-order valence-electron chi connectivity index (χ2n) is 4.79. The molecular weight excluding hydrogens is 246 g/mol. The zero-order chi connectivity index (χ0) is 13.6. The molecule has 3 N–H and O–H groups in total. The van der Waals surface area contributed by atoms with E-state index in [4.69, 9.17) is 10.2 Å². The lowest BCUT2D eigenvalue weighted by atomic mass is 10.0. The molecular formula is C13H15N3O3. The molecule has 1 aliphatic rings. The number of fused-ring (bicyclic) bond motifs is 1. The summed E-state index contributed by atoms with van der Waals surface area (Å²) in [4.78, 5) is 15.5. The van der Waals surface area contributed by atoms with Crippen molar-refractivity contribution in [1.82, 2.24) is 9.55 Å². The Hall–Kier alpha value is -2.08. The van der Waals surface area contributed by atoms with Crippen LogP contribution in [0.5, 0.6) is 0 Å². The van der Waals surface area contributed by atoms with E-state index in [-0.39, 0.29) is 11.7 Å². The Morgan fingerprint density at radius 2 is 2.37 bits per heavy atom. The van der Waals surface area contributed by atoms with Crippen molar-refractivity contribution < 1.29 is 14.3 Å². The van der Waals surface area contributed by atoms with Crippen LogP contribution in [-0.4, -0.2) is 20.6 Å². The number of furan rings is 1. The lowest BCUT2D eigenvalue weighted by Crippen LogP contribution is -2.23. The Balaban J connectivity index is 2.21. The number of aromatic carboxylic acids is 1. The molecule has 0 fully saturated rings. The first-order chi connectivity index (χ1) is 9.08. The van der Waals surface area contributed by atoms with E-state index in [2.05, 4.69) is 4.98 Å². The van der Waals surface area contributed by atoms with Crippen LogP contribution in [0.3, 0.4) is 0 Å². The highest BCUT2D eigenvalue weighted by molar-refractivity contribution is 5.88. The van der Waals surface area contributed by atoms with Crippen molar-refractivity contribution in [3.8, 4) is 11.6 Å². The maximum Gasteiger partial charge on any atom is 0.356 e. The molecule has 3 heterocycles. The first-order valence-electron chi connectivity index (χ1n) is 6.24. The van der Waals surface area contributed by atoms with Gasteiger partial charge in [0.05, 0.1) is 5.69 Å². The van der Waals surface area contributed by atoms with Crippen LogP contribution in [0.1, 0.15) is 40.8 Å². The highest BCUT2D eigenvalue weighted by Crippen LogP contribution is 2.32. The molecule has 1 aliphatic heterocycles. The number of hydrogen-bond acceptors (Lipinski definition) is 4. The first kappa shape index (κ1) is 12.0. The van der Waals surface area contributed by atoms with E-state index in [9.17, 15) is 9.90 Å². The summed E-state index contributed by atoms with van der Waals surface area (Å²) in [6.45, 7) is 2.56. The summed E-state index contributed by atoms with van der Waals surface area (Å²) in [5.74, 6) is 0.857. The number of carbonyl (C=O) groups is 1. The number of carboxylic acid groups (broad SMARTS) is 1. The summed E-state index contributed by atoms with van der Waals surface area (Å²) in [5, 5.41) is 9.26. The third-order valence-corrected chi connectivity index (χ3v) is 3.42. The van der Waals surface area contributed by atoms with Crippen LogP contribution in [0.25, 0.3) is 11.6 Å². The van der Waals surface area contributed by atoms with Gasteiger partial charge in [-0.3, -0.25) is 0 Å². The highest BCUT2D eigenvalue weighted by atomic mass is 16.4. The minimum Gasteiger partial charge on any atom is -0.476 e. The van der Waals surface area contributed by atoms with Gasteiger partial charge in [0.2, 0.25) is 0 Å². The Morgan fingerprint density at radius 1 is 1.58 bits per heavy atom. The number of rotatable bonds is 2. The van der Waals surface area contributed by atoms with Crippen LogP contribution in [0.15, 0.2) is 16.5 Å². The lowest BCUT2D eigenvalue weighted by Gasteiger charge is -2.22. The molecule has 100 valence electrons. The molecule has 0 amide bonds. The number of aromatic nitrogens is 2. The number of aryl methyl sites for hydroxylation is 1. The Bertz CT molecular complexity index is 642. The zero-order valence-corrected chi connectivity index (χ0v) is 10.6. The van der Waals surface area contributed by atoms with Crippen molar-refractivity contribution in [2.45, 2.75) is 32.4 Å². The van der Waals surface area contributed by atoms with E-state index < -0.39 is 5.97 Å². The minimum atomic E-state index is -1.05. The molecule has 0 saturated heterocycles. The highest BCUT2D eigenvalue weighted by Gasteiger charge is 2.30. The molecule has 0 aromatic carbocycles. The second kappa shape index (κ2) is 4.24. The second-order valence-corrected chi connectivity index (χ2v) is 4.79. The molecule has 0 radical (unpaired) electrons. The standard InChI is InChI=1S/C13H15N3O3/c1-7-4-5-9(19-7)12-15-10(13(17)18)11-8(14)3-2-6-16(11)12/h4-5,8H,2-3,6,14H2,1H3,(H,17,18). The van der Waals surface area contributed by atoms with Crippen LogP contribution in [0.4, 0.5) is 0 Å². The van der Waals surface area contributed by atoms with Crippen molar-refractivity contribution in [1.29, 1.82) is 0 Å². The lowest BCUT2D eigenvalue weighted by molar-refractivity contribution is 0.0688. The van der Waals surface area contributed by atoms with Crippen molar-refractivity contribution in [2.24, 2.45) is 5.73 Å². The third kappa shape index (κ3) is 1.84. The fourth-order valence-electron chi connectivity index (χ4n) is 2.57. The van der Waals surface area contributed by atoms with Gasteiger partial charge < -0.3 is 19.8 Å². The molecule has 6 nitrogen and oxygen atoms in total. The van der Waals surface area contributed by atoms with Gasteiger partial charge >= 0.3 is 5.97 Å². The van der Waals surface area contributed by atoms with Gasteiger partial charge in [-0.15, -0.1) is 0 Å². The molecule has 19 heavy (non-hydrogen) atoms. The number of hydrogen-bond donors (Lipinski definition) is 2. The summed E-state index contributed by atoms with van der Waals surface area (Å²) < 4.78 is 7.42.